The minimum atomic E-state index is 0.468. The van der Waals surface area contributed by atoms with Crippen LogP contribution in [0.3, 0.4) is 0 Å². The van der Waals surface area contributed by atoms with E-state index >= 15 is 0 Å². The molecule has 1 saturated carbocycles. The second-order valence-electron chi connectivity index (χ2n) is 10.3. The summed E-state index contributed by atoms with van der Waals surface area (Å²) in [6.45, 7) is 4.47. The molecule has 1 aliphatic rings. The molecule has 2 heterocycles. The molecular weight excluding hydrogens is 456 g/mol. The summed E-state index contributed by atoms with van der Waals surface area (Å²) in [5, 5.41) is 1.06. The van der Waals surface area contributed by atoms with Crippen molar-refractivity contribution in [2.45, 2.75) is 57.8 Å². The maximum Gasteiger partial charge on any atom is 0.124 e. The third-order valence-electron chi connectivity index (χ3n) is 7.56. The highest BCUT2D eigenvalue weighted by Gasteiger charge is 2.18. The van der Waals surface area contributed by atoms with Crippen molar-refractivity contribution < 1.29 is 0 Å². The molecule has 0 unspecified atom stereocenters. The lowest BCUT2D eigenvalue weighted by molar-refractivity contribution is 0.443. The number of rotatable bonds is 5. The number of hydrogen-bond donors (Lipinski definition) is 0. The van der Waals surface area contributed by atoms with Gasteiger partial charge in [0.1, 0.15) is 5.01 Å². The first-order valence-corrected chi connectivity index (χ1v) is 14.0. The molecule has 2 nitrogen and oxygen atoms in total. The number of aromatic nitrogens is 2. The van der Waals surface area contributed by atoms with Crippen molar-refractivity contribution in [1.82, 2.24) is 9.97 Å². The van der Waals surface area contributed by atoms with Gasteiger partial charge < -0.3 is 0 Å². The normalized spacial score (nSPS) is 14.5. The van der Waals surface area contributed by atoms with E-state index in [1.54, 1.807) is 11.3 Å². The smallest absolute Gasteiger partial charge is 0.124 e. The maximum atomic E-state index is 5.15. The predicted molar refractivity (Wildman–Crippen MR) is 154 cm³/mol. The van der Waals surface area contributed by atoms with Crippen molar-refractivity contribution in [2.24, 2.45) is 0 Å². The van der Waals surface area contributed by atoms with Crippen molar-refractivity contribution in [3.63, 3.8) is 0 Å². The Morgan fingerprint density at radius 2 is 1.56 bits per heavy atom. The Balaban J connectivity index is 1.48. The number of fused-ring (bicyclic) bond motifs is 1. The standard InChI is InChI=1S/C33H32N2S/c1-22(2)27-17-18-34-30(20-27)28-19-29(25-15-13-24(14-16-25)23-9-5-3-6-10-23)32-31(21-28)36-33(35-32)26-11-7-4-8-12-26/h4,7-8,11-23H,3,5-6,9-10H2,1-2H3. The summed E-state index contributed by atoms with van der Waals surface area (Å²) in [6, 6.07) is 28.8. The summed E-state index contributed by atoms with van der Waals surface area (Å²) in [5.41, 5.74) is 9.64. The van der Waals surface area contributed by atoms with Crippen LogP contribution >= 0.6 is 11.3 Å². The monoisotopic (exact) mass is 488 g/mol. The fraction of sp³-hybridized carbons (Fsp3) is 0.273. The van der Waals surface area contributed by atoms with Crippen molar-refractivity contribution in [3.05, 3.63) is 96.2 Å². The molecule has 5 aromatic rings. The van der Waals surface area contributed by atoms with E-state index in [1.165, 1.54) is 64.6 Å². The van der Waals surface area contributed by atoms with Gasteiger partial charge in [-0.15, -0.1) is 11.3 Å². The second-order valence-corrected chi connectivity index (χ2v) is 11.4. The number of pyridine rings is 1. The Kier molecular flexibility index (Phi) is 6.41. The van der Waals surface area contributed by atoms with E-state index in [0.717, 1.165) is 21.8 Å². The van der Waals surface area contributed by atoms with Gasteiger partial charge in [0.25, 0.3) is 0 Å². The molecule has 2 aromatic heterocycles. The van der Waals surface area contributed by atoms with Crippen molar-refractivity contribution in [2.75, 3.05) is 0 Å². The average Bonchev–Trinajstić information content (AvgIpc) is 3.38. The molecule has 180 valence electrons. The van der Waals surface area contributed by atoms with E-state index in [0.29, 0.717) is 11.8 Å². The van der Waals surface area contributed by atoms with Crippen molar-refractivity contribution in [1.29, 1.82) is 0 Å². The van der Waals surface area contributed by atoms with Gasteiger partial charge in [0.2, 0.25) is 0 Å². The SMILES string of the molecule is CC(C)c1ccnc(-c2cc(-c3ccc(C4CCCCC4)cc3)c3nc(-c4ccccc4)sc3c2)c1. The molecular formula is C33H32N2S. The molecule has 0 atom stereocenters. The molecule has 0 amide bonds. The molecule has 6 rings (SSSR count). The second kappa shape index (κ2) is 9.99. The molecule has 1 fully saturated rings. The first kappa shape index (κ1) is 23.1. The zero-order chi connectivity index (χ0) is 24.5. The highest BCUT2D eigenvalue weighted by atomic mass is 32.1. The van der Waals surface area contributed by atoms with Crippen molar-refractivity contribution in [3.8, 4) is 33.0 Å². The summed E-state index contributed by atoms with van der Waals surface area (Å²) < 4.78 is 1.20. The summed E-state index contributed by atoms with van der Waals surface area (Å²) in [4.78, 5) is 9.91. The van der Waals surface area contributed by atoms with Crippen LogP contribution in [0.15, 0.2) is 85.1 Å². The molecule has 0 saturated heterocycles. The summed E-state index contributed by atoms with van der Waals surface area (Å²) in [6.07, 6.45) is 8.69. The third kappa shape index (κ3) is 4.60. The van der Waals surface area contributed by atoms with E-state index in [4.69, 9.17) is 9.97 Å². The zero-order valence-corrected chi connectivity index (χ0v) is 21.9. The molecule has 0 bridgehead atoms. The highest BCUT2D eigenvalue weighted by Crippen LogP contribution is 2.40. The summed E-state index contributed by atoms with van der Waals surface area (Å²) in [7, 11) is 0. The van der Waals surface area contributed by atoms with Crippen LogP contribution in [-0.4, -0.2) is 9.97 Å². The lowest BCUT2D eigenvalue weighted by Gasteiger charge is -2.22. The Bertz CT molecular complexity index is 1480. The molecule has 36 heavy (non-hydrogen) atoms. The number of nitrogens with zero attached hydrogens (tertiary/aromatic N) is 2. The first-order chi connectivity index (χ1) is 17.7. The van der Waals surface area contributed by atoms with Crippen LogP contribution in [-0.2, 0) is 0 Å². The first-order valence-electron chi connectivity index (χ1n) is 13.2. The maximum absolute atomic E-state index is 5.15. The van der Waals surface area contributed by atoms with E-state index in [2.05, 4.69) is 92.7 Å². The van der Waals surface area contributed by atoms with Gasteiger partial charge in [0, 0.05) is 22.9 Å². The minimum absolute atomic E-state index is 0.468. The van der Waals surface area contributed by atoms with Crippen LogP contribution in [0.25, 0.3) is 43.2 Å². The van der Waals surface area contributed by atoms with Crippen LogP contribution in [0.5, 0.6) is 0 Å². The van der Waals surface area contributed by atoms with Gasteiger partial charge in [0.15, 0.2) is 0 Å². The van der Waals surface area contributed by atoms with Crippen LogP contribution < -0.4 is 0 Å². The Labute approximate surface area is 218 Å². The van der Waals surface area contributed by atoms with E-state index in [1.807, 2.05) is 6.20 Å². The summed E-state index contributed by atoms with van der Waals surface area (Å²) >= 11 is 1.77. The van der Waals surface area contributed by atoms with Gasteiger partial charge in [-0.3, -0.25) is 4.98 Å². The summed E-state index contributed by atoms with van der Waals surface area (Å²) in [5.74, 6) is 1.18. The molecule has 3 aromatic carbocycles. The molecule has 0 aliphatic heterocycles. The third-order valence-corrected chi connectivity index (χ3v) is 8.61. The van der Waals surface area contributed by atoms with Gasteiger partial charge in [-0.2, -0.15) is 0 Å². The number of benzene rings is 3. The van der Waals surface area contributed by atoms with E-state index in [-0.39, 0.29) is 0 Å². The average molecular weight is 489 g/mol. The van der Waals surface area contributed by atoms with Gasteiger partial charge in [-0.25, -0.2) is 4.98 Å². The van der Waals surface area contributed by atoms with E-state index < -0.39 is 0 Å². The minimum Gasteiger partial charge on any atom is -0.256 e. The van der Waals surface area contributed by atoms with Gasteiger partial charge in [0.05, 0.1) is 15.9 Å². The Morgan fingerprint density at radius 3 is 2.31 bits per heavy atom. The van der Waals surface area contributed by atoms with Crippen LogP contribution in [0.1, 0.15) is 68.9 Å². The van der Waals surface area contributed by atoms with Gasteiger partial charge >= 0.3 is 0 Å². The largest absolute Gasteiger partial charge is 0.256 e. The number of hydrogen-bond acceptors (Lipinski definition) is 3. The Morgan fingerprint density at radius 1 is 0.778 bits per heavy atom. The highest BCUT2D eigenvalue weighted by molar-refractivity contribution is 7.21. The molecule has 3 heteroatoms. The number of thiazole rings is 1. The van der Waals surface area contributed by atoms with Crippen LogP contribution in [0.4, 0.5) is 0 Å². The fourth-order valence-corrected chi connectivity index (χ4v) is 6.47. The molecule has 0 N–H and O–H groups in total. The molecule has 1 aliphatic carbocycles. The Hall–Kier alpha value is -3.30. The van der Waals surface area contributed by atoms with Crippen LogP contribution in [0.2, 0.25) is 0 Å². The quantitative estimate of drug-likeness (QED) is 0.246. The lowest BCUT2D eigenvalue weighted by atomic mass is 9.83. The van der Waals surface area contributed by atoms with E-state index in [9.17, 15) is 0 Å². The van der Waals surface area contributed by atoms with Crippen molar-refractivity contribution >= 4 is 21.6 Å². The fourth-order valence-electron chi connectivity index (χ4n) is 5.44. The predicted octanol–water partition coefficient (Wildman–Crippen LogP) is 9.86. The zero-order valence-electron chi connectivity index (χ0n) is 21.1. The van der Waals surface area contributed by atoms with Crippen LogP contribution in [0, 0.1) is 0 Å². The topological polar surface area (TPSA) is 25.8 Å². The molecule has 0 spiro atoms. The van der Waals surface area contributed by atoms with Gasteiger partial charge in [-0.05, 0) is 65.6 Å². The molecule has 0 radical (unpaired) electrons. The lowest BCUT2D eigenvalue weighted by Crippen LogP contribution is -2.04. The van der Waals surface area contributed by atoms with Gasteiger partial charge in [-0.1, -0.05) is 87.7 Å².